The van der Waals surface area contributed by atoms with Crippen molar-refractivity contribution < 1.29 is 9.18 Å². The molecular weight excluding hydrogens is 351 g/mol. The molecule has 26 heavy (non-hydrogen) atoms. The van der Waals surface area contributed by atoms with Crippen LogP contribution in [0.5, 0.6) is 0 Å². The largest absolute Gasteiger partial charge is 0.302 e. The Kier molecular flexibility index (Phi) is 4.55. The molecule has 0 spiro atoms. The van der Waals surface area contributed by atoms with E-state index in [4.69, 9.17) is 0 Å². The summed E-state index contributed by atoms with van der Waals surface area (Å²) in [4.78, 5) is 16.9. The summed E-state index contributed by atoms with van der Waals surface area (Å²) in [6.45, 7) is 0. The average molecular weight is 370 g/mol. The van der Waals surface area contributed by atoms with Crippen molar-refractivity contribution in [3.63, 3.8) is 0 Å². The van der Waals surface area contributed by atoms with Crippen LogP contribution < -0.4 is 5.32 Å². The number of carbonyl (C=O) groups excluding carboxylic acids is 1. The Labute approximate surface area is 154 Å². The summed E-state index contributed by atoms with van der Waals surface area (Å²) in [6, 6.07) is 6.25. The number of nitrogens with one attached hydrogen (secondary N) is 1. The van der Waals surface area contributed by atoms with E-state index in [-0.39, 0.29) is 17.6 Å². The first-order valence-electron chi connectivity index (χ1n) is 8.66. The number of benzene rings is 1. The molecule has 0 unspecified atom stereocenters. The average Bonchev–Trinajstić information content (AvgIpc) is 3.35. The minimum Gasteiger partial charge on any atom is -0.302 e. The minimum absolute atomic E-state index is 0.0633. The highest BCUT2D eigenvalue weighted by Gasteiger charge is 2.23. The van der Waals surface area contributed by atoms with Gasteiger partial charge in [0.2, 0.25) is 5.91 Å². The summed E-state index contributed by atoms with van der Waals surface area (Å²) in [5.41, 5.74) is 3.18. The van der Waals surface area contributed by atoms with Crippen LogP contribution in [0.3, 0.4) is 0 Å². The summed E-state index contributed by atoms with van der Waals surface area (Å²) in [6.07, 6.45) is 6.05. The smallest absolute Gasteiger partial charge is 0.229 e. The van der Waals surface area contributed by atoms with E-state index in [2.05, 4.69) is 15.4 Å². The van der Waals surface area contributed by atoms with Crippen molar-refractivity contribution in [2.45, 2.75) is 25.7 Å². The Morgan fingerprint density at radius 3 is 2.73 bits per heavy atom. The van der Waals surface area contributed by atoms with Gasteiger partial charge in [-0.15, -0.1) is 11.3 Å². The van der Waals surface area contributed by atoms with Gasteiger partial charge in [0.15, 0.2) is 5.13 Å². The van der Waals surface area contributed by atoms with Gasteiger partial charge in [0.25, 0.3) is 0 Å². The number of carbonyl (C=O) groups is 1. The van der Waals surface area contributed by atoms with Crippen LogP contribution in [0.2, 0.25) is 0 Å². The van der Waals surface area contributed by atoms with Crippen LogP contribution in [0.25, 0.3) is 22.5 Å². The first-order valence-corrected chi connectivity index (χ1v) is 9.54. The number of rotatable bonds is 4. The van der Waals surface area contributed by atoms with Crippen molar-refractivity contribution in [2.75, 3.05) is 5.32 Å². The zero-order chi connectivity index (χ0) is 18.1. The monoisotopic (exact) mass is 370 g/mol. The van der Waals surface area contributed by atoms with E-state index in [9.17, 15) is 9.18 Å². The predicted molar refractivity (Wildman–Crippen MR) is 100 cm³/mol. The van der Waals surface area contributed by atoms with Gasteiger partial charge in [0.05, 0.1) is 5.69 Å². The molecule has 1 aromatic carbocycles. The van der Waals surface area contributed by atoms with E-state index >= 15 is 0 Å². The molecule has 1 saturated carbocycles. The first kappa shape index (κ1) is 16.9. The molecule has 0 saturated heterocycles. The van der Waals surface area contributed by atoms with E-state index < -0.39 is 0 Å². The van der Waals surface area contributed by atoms with Crippen molar-refractivity contribution in [3.05, 3.63) is 41.7 Å². The molecule has 2 aromatic heterocycles. The molecule has 0 bridgehead atoms. The summed E-state index contributed by atoms with van der Waals surface area (Å²) < 4.78 is 14.9. The van der Waals surface area contributed by atoms with Crippen molar-refractivity contribution in [3.8, 4) is 22.5 Å². The SMILES string of the molecule is Cn1cc(-c2csc(NC(=O)C3CCCC3)n2)c(-c2ccc(F)cc2)n1. The molecule has 0 aliphatic heterocycles. The standard InChI is InChI=1S/C19H19FN4OS/c1-24-10-15(17(23-24)12-6-8-14(20)9-7-12)16-11-26-19(21-16)22-18(25)13-4-2-3-5-13/h6-11,13H,2-5H2,1H3,(H,21,22,25). The number of hydrogen-bond acceptors (Lipinski definition) is 4. The maximum Gasteiger partial charge on any atom is 0.229 e. The lowest BCUT2D eigenvalue weighted by Gasteiger charge is -2.07. The van der Waals surface area contributed by atoms with Crippen LogP contribution in [-0.2, 0) is 11.8 Å². The number of aromatic nitrogens is 3. The zero-order valence-corrected chi connectivity index (χ0v) is 15.2. The minimum atomic E-state index is -0.281. The van der Waals surface area contributed by atoms with Crippen LogP contribution in [0.1, 0.15) is 25.7 Å². The van der Waals surface area contributed by atoms with Crippen LogP contribution in [0.4, 0.5) is 9.52 Å². The van der Waals surface area contributed by atoms with Crippen LogP contribution >= 0.6 is 11.3 Å². The molecule has 1 amide bonds. The van der Waals surface area contributed by atoms with Gasteiger partial charge in [-0.05, 0) is 37.1 Å². The van der Waals surface area contributed by atoms with Crippen LogP contribution in [0.15, 0.2) is 35.8 Å². The fourth-order valence-corrected chi connectivity index (χ4v) is 4.06. The number of amides is 1. The fraction of sp³-hybridized carbons (Fsp3) is 0.316. The Morgan fingerprint density at radius 2 is 2.00 bits per heavy atom. The Balaban J connectivity index is 1.59. The Morgan fingerprint density at radius 1 is 1.27 bits per heavy atom. The van der Waals surface area contributed by atoms with Gasteiger partial charge in [0, 0.05) is 35.7 Å². The van der Waals surface area contributed by atoms with Crippen molar-refractivity contribution in [1.29, 1.82) is 0 Å². The topological polar surface area (TPSA) is 59.8 Å². The third kappa shape index (κ3) is 3.39. The number of aryl methyl sites for hydroxylation is 1. The van der Waals surface area contributed by atoms with E-state index in [1.165, 1.54) is 23.5 Å². The molecule has 7 heteroatoms. The second-order valence-corrected chi connectivity index (χ2v) is 7.44. The second-order valence-electron chi connectivity index (χ2n) is 6.58. The number of thiazole rings is 1. The number of hydrogen-bond donors (Lipinski definition) is 1. The van der Waals surface area contributed by atoms with Crippen LogP contribution in [0, 0.1) is 11.7 Å². The normalized spacial score (nSPS) is 14.7. The maximum absolute atomic E-state index is 13.2. The van der Waals surface area contributed by atoms with E-state index in [1.54, 1.807) is 16.8 Å². The highest BCUT2D eigenvalue weighted by atomic mass is 32.1. The predicted octanol–water partition coefficient (Wildman–Crippen LogP) is 4.48. The first-order chi connectivity index (χ1) is 12.6. The van der Waals surface area contributed by atoms with Gasteiger partial charge in [-0.2, -0.15) is 5.10 Å². The molecule has 5 nitrogen and oxygen atoms in total. The van der Waals surface area contributed by atoms with Crippen LogP contribution in [-0.4, -0.2) is 20.7 Å². The summed E-state index contributed by atoms with van der Waals surface area (Å²) >= 11 is 1.41. The highest BCUT2D eigenvalue weighted by molar-refractivity contribution is 7.14. The molecule has 1 aliphatic rings. The van der Waals surface area contributed by atoms with Crippen molar-refractivity contribution in [1.82, 2.24) is 14.8 Å². The molecule has 1 fully saturated rings. The maximum atomic E-state index is 13.2. The lowest BCUT2D eigenvalue weighted by Crippen LogP contribution is -2.20. The summed E-state index contributed by atoms with van der Waals surface area (Å²) in [5, 5.41) is 9.94. The summed E-state index contributed by atoms with van der Waals surface area (Å²) in [5.74, 6) is -0.110. The number of halogens is 1. The lowest BCUT2D eigenvalue weighted by atomic mass is 10.1. The molecule has 4 rings (SSSR count). The Hall–Kier alpha value is -2.54. The van der Waals surface area contributed by atoms with E-state index in [0.29, 0.717) is 5.13 Å². The quantitative estimate of drug-likeness (QED) is 0.737. The molecular formula is C19H19FN4OS. The van der Waals surface area contributed by atoms with Gasteiger partial charge in [-0.25, -0.2) is 9.37 Å². The number of nitrogens with zero attached hydrogens (tertiary/aromatic N) is 3. The molecule has 1 N–H and O–H groups in total. The molecule has 2 heterocycles. The molecule has 0 atom stereocenters. The van der Waals surface area contributed by atoms with Gasteiger partial charge in [0.1, 0.15) is 11.5 Å². The fourth-order valence-electron chi connectivity index (χ4n) is 3.35. The zero-order valence-electron chi connectivity index (χ0n) is 14.4. The molecule has 134 valence electrons. The summed E-state index contributed by atoms with van der Waals surface area (Å²) in [7, 11) is 1.84. The van der Waals surface area contributed by atoms with Crippen molar-refractivity contribution >= 4 is 22.4 Å². The molecule has 1 aliphatic carbocycles. The van der Waals surface area contributed by atoms with Gasteiger partial charge >= 0.3 is 0 Å². The van der Waals surface area contributed by atoms with Gasteiger partial charge < -0.3 is 5.32 Å². The third-order valence-corrected chi connectivity index (χ3v) is 5.44. The second kappa shape index (κ2) is 6.99. The van der Waals surface area contributed by atoms with Gasteiger partial charge in [-0.1, -0.05) is 12.8 Å². The van der Waals surface area contributed by atoms with Crippen molar-refractivity contribution in [2.24, 2.45) is 13.0 Å². The number of anilines is 1. The third-order valence-electron chi connectivity index (χ3n) is 4.68. The molecule has 0 radical (unpaired) electrons. The lowest BCUT2D eigenvalue weighted by molar-refractivity contribution is -0.119. The molecule has 3 aromatic rings. The Bertz CT molecular complexity index is 925. The van der Waals surface area contributed by atoms with E-state index in [0.717, 1.165) is 48.2 Å². The van der Waals surface area contributed by atoms with Gasteiger partial charge in [-0.3, -0.25) is 9.48 Å². The highest BCUT2D eigenvalue weighted by Crippen LogP contribution is 2.33. The van der Waals surface area contributed by atoms with E-state index in [1.807, 2.05) is 18.6 Å².